The van der Waals surface area contributed by atoms with Crippen molar-refractivity contribution in [1.82, 2.24) is 10.2 Å². The molecule has 1 atom stereocenters. The number of anilines is 4. The second-order valence-electron chi connectivity index (χ2n) is 6.32. The molecule has 7 nitrogen and oxygen atoms in total. The number of nitrogens with one attached hydrogen (secondary N) is 3. The molecule has 1 heterocycles. The van der Waals surface area contributed by atoms with Crippen LogP contribution in [0, 0.1) is 6.92 Å². The van der Waals surface area contributed by atoms with Crippen molar-refractivity contribution in [1.29, 1.82) is 0 Å². The van der Waals surface area contributed by atoms with E-state index in [-0.39, 0.29) is 17.1 Å². The predicted octanol–water partition coefficient (Wildman–Crippen LogP) is 4.67. The van der Waals surface area contributed by atoms with Gasteiger partial charge in [0, 0.05) is 24.0 Å². The molecule has 9 heteroatoms. The summed E-state index contributed by atoms with van der Waals surface area (Å²) in [5, 5.41) is 17.4. The van der Waals surface area contributed by atoms with Crippen LogP contribution in [0.25, 0.3) is 0 Å². The van der Waals surface area contributed by atoms with E-state index >= 15 is 0 Å². The number of thioether (sulfide) groups is 1. The normalized spacial score (nSPS) is 11.6. The highest BCUT2D eigenvalue weighted by Crippen LogP contribution is 2.31. The molecule has 0 radical (unpaired) electrons. The highest BCUT2D eigenvalue weighted by Gasteiger charge is 2.18. The molecule has 150 valence electrons. The Morgan fingerprint density at radius 1 is 1.03 bits per heavy atom. The van der Waals surface area contributed by atoms with Crippen LogP contribution in [0.2, 0.25) is 0 Å². The molecule has 0 aliphatic heterocycles. The minimum atomic E-state index is -0.321. The number of carbonyl (C=O) groups excluding carboxylic acids is 2. The molecule has 0 aliphatic carbocycles. The molecular weight excluding hydrogens is 406 g/mol. The number of nitrogens with zero attached hydrogens (tertiary/aromatic N) is 2. The van der Waals surface area contributed by atoms with Crippen molar-refractivity contribution in [2.45, 2.75) is 30.4 Å². The van der Waals surface area contributed by atoms with Gasteiger partial charge in [-0.15, -0.1) is 10.2 Å². The maximum absolute atomic E-state index is 12.5. The van der Waals surface area contributed by atoms with Crippen molar-refractivity contribution in [2.75, 3.05) is 16.0 Å². The SMILES string of the molecule is CC(=O)Nc1cccc(Nc2nnc(SC(C)C(=O)Nc3ccccc3C)s2)c1. The summed E-state index contributed by atoms with van der Waals surface area (Å²) < 4.78 is 0.693. The minimum absolute atomic E-state index is 0.0861. The maximum Gasteiger partial charge on any atom is 0.237 e. The number of aryl methyl sites for hydroxylation is 1. The first kappa shape index (κ1) is 20.8. The van der Waals surface area contributed by atoms with Gasteiger partial charge in [0.05, 0.1) is 5.25 Å². The third kappa shape index (κ3) is 6.03. The van der Waals surface area contributed by atoms with Crippen LogP contribution in [0.5, 0.6) is 0 Å². The Hall–Kier alpha value is -2.91. The second kappa shape index (κ2) is 9.53. The first-order valence-corrected chi connectivity index (χ1v) is 10.6. The Labute approximate surface area is 177 Å². The van der Waals surface area contributed by atoms with Crippen LogP contribution in [0.3, 0.4) is 0 Å². The highest BCUT2D eigenvalue weighted by molar-refractivity contribution is 8.02. The lowest BCUT2D eigenvalue weighted by Gasteiger charge is -2.11. The van der Waals surface area contributed by atoms with Gasteiger partial charge in [-0.05, 0) is 43.7 Å². The van der Waals surface area contributed by atoms with Gasteiger partial charge in [0.15, 0.2) is 4.34 Å². The van der Waals surface area contributed by atoms with E-state index in [0.717, 1.165) is 16.9 Å². The number of hydrogen-bond acceptors (Lipinski definition) is 7. The summed E-state index contributed by atoms with van der Waals surface area (Å²) in [6, 6.07) is 15.0. The fourth-order valence-electron chi connectivity index (χ4n) is 2.46. The number of carbonyl (C=O) groups is 2. The van der Waals surface area contributed by atoms with Gasteiger partial charge in [-0.25, -0.2) is 0 Å². The molecule has 3 N–H and O–H groups in total. The Morgan fingerprint density at radius 3 is 2.55 bits per heavy atom. The molecule has 0 aliphatic rings. The lowest BCUT2D eigenvalue weighted by molar-refractivity contribution is -0.115. The lowest BCUT2D eigenvalue weighted by atomic mass is 10.2. The fraction of sp³-hybridized carbons (Fsp3) is 0.200. The first-order chi connectivity index (χ1) is 13.9. The summed E-state index contributed by atoms with van der Waals surface area (Å²) >= 11 is 2.72. The number of amides is 2. The minimum Gasteiger partial charge on any atom is -0.330 e. The van der Waals surface area contributed by atoms with Gasteiger partial charge in [0.2, 0.25) is 16.9 Å². The molecule has 1 unspecified atom stereocenters. The first-order valence-electron chi connectivity index (χ1n) is 8.92. The smallest absolute Gasteiger partial charge is 0.237 e. The zero-order valence-corrected chi connectivity index (χ0v) is 17.9. The zero-order chi connectivity index (χ0) is 20.8. The van der Waals surface area contributed by atoms with Gasteiger partial charge in [-0.2, -0.15) is 0 Å². The topological polar surface area (TPSA) is 96.0 Å². The molecule has 29 heavy (non-hydrogen) atoms. The van der Waals surface area contributed by atoms with Gasteiger partial charge in [-0.1, -0.05) is 47.4 Å². The third-order valence-electron chi connectivity index (χ3n) is 3.89. The monoisotopic (exact) mass is 427 g/mol. The van der Waals surface area contributed by atoms with Gasteiger partial charge in [0.1, 0.15) is 0 Å². The number of benzene rings is 2. The molecule has 0 saturated heterocycles. The average Bonchev–Trinajstić information content (AvgIpc) is 3.10. The van der Waals surface area contributed by atoms with Gasteiger partial charge in [0.25, 0.3) is 0 Å². The number of aromatic nitrogens is 2. The fourth-order valence-corrected chi connectivity index (χ4v) is 4.38. The number of hydrogen-bond donors (Lipinski definition) is 3. The number of para-hydroxylation sites is 1. The summed E-state index contributed by atoms with van der Waals surface area (Å²) in [5.41, 5.74) is 3.31. The number of rotatable bonds is 7. The van der Waals surface area contributed by atoms with Gasteiger partial charge in [-0.3, -0.25) is 9.59 Å². The van der Waals surface area contributed by atoms with Crippen LogP contribution in [-0.2, 0) is 9.59 Å². The van der Waals surface area contributed by atoms with Crippen LogP contribution in [0.15, 0.2) is 52.9 Å². The van der Waals surface area contributed by atoms with Crippen LogP contribution < -0.4 is 16.0 Å². The quantitative estimate of drug-likeness (QED) is 0.474. The summed E-state index contributed by atoms with van der Waals surface area (Å²) in [4.78, 5) is 23.7. The molecule has 3 rings (SSSR count). The highest BCUT2D eigenvalue weighted by atomic mass is 32.2. The van der Waals surface area contributed by atoms with Crippen molar-refractivity contribution in [2.24, 2.45) is 0 Å². The van der Waals surface area contributed by atoms with E-state index in [1.54, 1.807) is 0 Å². The lowest BCUT2D eigenvalue weighted by Crippen LogP contribution is -2.22. The van der Waals surface area contributed by atoms with Crippen molar-refractivity contribution in [3.63, 3.8) is 0 Å². The molecule has 0 spiro atoms. The van der Waals surface area contributed by atoms with Crippen LogP contribution in [0.4, 0.5) is 22.2 Å². The maximum atomic E-state index is 12.5. The average molecular weight is 428 g/mol. The standard InChI is InChI=1S/C20H21N5O2S2/c1-12-7-4-5-10-17(12)23-18(27)13(2)28-20-25-24-19(29-20)22-16-9-6-8-15(11-16)21-14(3)26/h4-11,13H,1-3H3,(H,21,26)(H,22,24)(H,23,27). The van der Waals surface area contributed by atoms with E-state index in [4.69, 9.17) is 0 Å². The van der Waals surface area contributed by atoms with Crippen LogP contribution >= 0.6 is 23.1 Å². The predicted molar refractivity (Wildman–Crippen MR) is 119 cm³/mol. The molecule has 2 amide bonds. The second-order valence-corrected chi connectivity index (χ2v) is 8.89. The Kier molecular flexibility index (Phi) is 6.84. The van der Waals surface area contributed by atoms with E-state index in [9.17, 15) is 9.59 Å². The molecule has 0 bridgehead atoms. The molecule has 2 aromatic carbocycles. The summed E-state index contributed by atoms with van der Waals surface area (Å²) in [7, 11) is 0. The summed E-state index contributed by atoms with van der Waals surface area (Å²) in [6.07, 6.45) is 0. The van der Waals surface area contributed by atoms with E-state index in [1.165, 1.54) is 30.0 Å². The largest absolute Gasteiger partial charge is 0.330 e. The third-order valence-corrected chi connectivity index (χ3v) is 5.91. The van der Waals surface area contributed by atoms with Gasteiger partial charge >= 0.3 is 0 Å². The van der Waals surface area contributed by atoms with E-state index in [0.29, 0.717) is 15.2 Å². The Bertz CT molecular complexity index is 1020. The van der Waals surface area contributed by atoms with Crippen molar-refractivity contribution in [3.8, 4) is 0 Å². The van der Waals surface area contributed by atoms with E-state index in [1.807, 2.05) is 62.4 Å². The molecule has 3 aromatic rings. The molecule has 0 fully saturated rings. The summed E-state index contributed by atoms with van der Waals surface area (Å²) in [6.45, 7) is 5.26. The van der Waals surface area contributed by atoms with Crippen LogP contribution in [-0.4, -0.2) is 27.3 Å². The van der Waals surface area contributed by atoms with Gasteiger partial charge < -0.3 is 16.0 Å². The van der Waals surface area contributed by atoms with E-state index < -0.39 is 0 Å². The van der Waals surface area contributed by atoms with Crippen molar-refractivity contribution >= 4 is 57.1 Å². The van der Waals surface area contributed by atoms with Crippen LogP contribution in [0.1, 0.15) is 19.4 Å². The summed E-state index contributed by atoms with van der Waals surface area (Å²) in [5.74, 6) is -0.216. The molecule has 1 aromatic heterocycles. The zero-order valence-electron chi connectivity index (χ0n) is 16.2. The Morgan fingerprint density at radius 2 is 1.79 bits per heavy atom. The molecule has 0 saturated carbocycles. The van der Waals surface area contributed by atoms with E-state index in [2.05, 4.69) is 26.1 Å². The van der Waals surface area contributed by atoms with Crippen molar-refractivity contribution < 1.29 is 9.59 Å². The van der Waals surface area contributed by atoms with Crippen molar-refractivity contribution in [3.05, 3.63) is 54.1 Å². The molecular formula is C20H21N5O2S2. The Balaban J connectivity index is 1.59.